The van der Waals surface area contributed by atoms with Crippen molar-refractivity contribution in [2.45, 2.75) is 0 Å². The highest BCUT2D eigenvalue weighted by Crippen LogP contribution is 2.25. The van der Waals surface area contributed by atoms with E-state index in [2.05, 4.69) is 21.2 Å². The van der Waals surface area contributed by atoms with E-state index < -0.39 is 0 Å². The molecule has 19 heavy (non-hydrogen) atoms. The van der Waals surface area contributed by atoms with Crippen LogP contribution in [-0.4, -0.2) is 13.0 Å². The zero-order valence-electron chi connectivity index (χ0n) is 10.1. The maximum Gasteiger partial charge on any atom is 0.255 e. The summed E-state index contributed by atoms with van der Waals surface area (Å²) < 4.78 is 18.5. The largest absolute Gasteiger partial charge is 0.496 e. The molecule has 1 amide bonds. The Morgan fingerprint density at radius 3 is 2.47 bits per heavy atom. The lowest BCUT2D eigenvalue weighted by atomic mass is 10.2. The molecule has 0 atom stereocenters. The summed E-state index contributed by atoms with van der Waals surface area (Å²) in [6.45, 7) is 0. The van der Waals surface area contributed by atoms with Crippen LogP contribution in [0.1, 0.15) is 10.4 Å². The Labute approximate surface area is 118 Å². The number of hydrogen-bond donors (Lipinski definition) is 1. The molecule has 0 aromatic heterocycles. The smallest absolute Gasteiger partial charge is 0.255 e. The van der Waals surface area contributed by atoms with E-state index in [1.54, 1.807) is 25.3 Å². The molecule has 0 unspecified atom stereocenters. The SMILES string of the molecule is COc1ccc(C(=O)Nc2ccc(F)cc2)cc1Br. The first-order valence-corrected chi connectivity index (χ1v) is 6.30. The number of hydrogen-bond acceptors (Lipinski definition) is 2. The van der Waals surface area contributed by atoms with Crippen LogP contribution in [0.4, 0.5) is 10.1 Å². The number of amides is 1. The average molecular weight is 324 g/mol. The molecule has 2 rings (SSSR count). The molecular weight excluding hydrogens is 313 g/mol. The Morgan fingerprint density at radius 1 is 1.21 bits per heavy atom. The van der Waals surface area contributed by atoms with E-state index in [9.17, 15) is 9.18 Å². The van der Waals surface area contributed by atoms with Crippen LogP contribution in [0, 0.1) is 5.82 Å². The molecule has 5 heteroatoms. The van der Waals surface area contributed by atoms with Gasteiger partial charge >= 0.3 is 0 Å². The fourth-order valence-electron chi connectivity index (χ4n) is 1.54. The van der Waals surface area contributed by atoms with Gasteiger partial charge in [0.15, 0.2) is 0 Å². The molecule has 0 fully saturated rings. The van der Waals surface area contributed by atoms with Crippen LogP contribution in [0.3, 0.4) is 0 Å². The normalized spacial score (nSPS) is 10.1. The predicted molar refractivity (Wildman–Crippen MR) is 75.0 cm³/mol. The number of carbonyl (C=O) groups is 1. The third-order valence-electron chi connectivity index (χ3n) is 2.52. The van der Waals surface area contributed by atoms with Crippen molar-refractivity contribution < 1.29 is 13.9 Å². The third-order valence-corrected chi connectivity index (χ3v) is 3.14. The molecule has 98 valence electrons. The molecular formula is C14H11BrFNO2. The van der Waals surface area contributed by atoms with Crippen molar-refractivity contribution in [2.75, 3.05) is 12.4 Å². The second-order valence-corrected chi connectivity index (χ2v) is 4.66. The first-order valence-electron chi connectivity index (χ1n) is 5.50. The fourth-order valence-corrected chi connectivity index (χ4v) is 2.08. The molecule has 0 aliphatic rings. The lowest BCUT2D eigenvalue weighted by molar-refractivity contribution is 0.102. The minimum atomic E-state index is -0.342. The summed E-state index contributed by atoms with van der Waals surface area (Å²) in [5.41, 5.74) is 1.02. The van der Waals surface area contributed by atoms with Crippen molar-refractivity contribution in [1.82, 2.24) is 0 Å². The number of benzene rings is 2. The van der Waals surface area contributed by atoms with Crippen LogP contribution in [0.15, 0.2) is 46.9 Å². The van der Waals surface area contributed by atoms with E-state index >= 15 is 0 Å². The second-order valence-electron chi connectivity index (χ2n) is 3.81. The molecule has 0 radical (unpaired) electrons. The minimum Gasteiger partial charge on any atom is -0.496 e. The standard InChI is InChI=1S/C14H11BrFNO2/c1-19-13-7-2-9(8-12(13)15)14(18)17-11-5-3-10(16)4-6-11/h2-8H,1H3,(H,17,18). The first-order chi connectivity index (χ1) is 9.10. The third kappa shape index (κ3) is 3.32. The van der Waals surface area contributed by atoms with Crippen molar-refractivity contribution in [3.8, 4) is 5.75 Å². The fraction of sp³-hybridized carbons (Fsp3) is 0.0714. The van der Waals surface area contributed by atoms with Crippen molar-refractivity contribution in [3.63, 3.8) is 0 Å². The van der Waals surface area contributed by atoms with Gasteiger partial charge in [0.05, 0.1) is 11.6 Å². The van der Waals surface area contributed by atoms with E-state index in [0.29, 0.717) is 21.5 Å². The van der Waals surface area contributed by atoms with Crippen LogP contribution in [0.5, 0.6) is 5.75 Å². The van der Waals surface area contributed by atoms with Crippen molar-refractivity contribution >= 4 is 27.5 Å². The molecule has 0 spiro atoms. The van der Waals surface area contributed by atoms with Gasteiger partial charge in [0, 0.05) is 11.3 Å². The van der Waals surface area contributed by atoms with Crippen molar-refractivity contribution in [3.05, 3.63) is 58.3 Å². The number of anilines is 1. The maximum absolute atomic E-state index is 12.8. The van der Waals surface area contributed by atoms with E-state index in [1.165, 1.54) is 24.3 Å². The Bertz CT molecular complexity index is 599. The molecule has 3 nitrogen and oxygen atoms in total. The summed E-state index contributed by atoms with van der Waals surface area (Å²) in [4.78, 5) is 12.0. The van der Waals surface area contributed by atoms with Crippen molar-refractivity contribution in [2.24, 2.45) is 0 Å². The van der Waals surface area contributed by atoms with Crippen LogP contribution >= 0.6 is 15.9 Å². The number of halogens is 2. The Morgan fingerprint density at radius 2 is 1.89 bits per heavy atom. The zero-order valence-corrected chi connectivity index (χ0v) is 11.7. The number of methoxy groups -OCH3 is 1. The molecule has 0 heterocycles. The highest BCUT2D eigenvalue weighted by molar-refractivity contribution is 9.10. The van der Waals surface area contributed by atoms with Gasteiger partial charge < -0.3 is 10.1 Å². The van der Waals surface area contributed by atoms with Crippen LogP contribution in [-0.2, 0) is 0 Å². The van der Waals surface area contributed by atoms with E-state index in [1.807, 2.05) is 0 Å². The highest BCUT2D eigenvalue weighted by Gasteiger charge is 2.09. The van der Waals surface area contributed by atoms with Crippen molar-refractivity contribution in [1.29, 1.82) is 0 Å². The molecule has 2 aromatic carbocycles. The lowest BCUT2D eigenvalue weighted by Gasteiger charge is -2.07. The van der Waals surface area contributed by atoms with Gasteiger partial charge in [0.2, 0.25) is 0 Å². The molecule has 0 aliphatic heterocycles. The number of rotatable bonds is 3. The molecule has 2 aromatic rings. The van der Waals surface area contributed by atoms with Crippen LogP contribution in [0.25, 0.3) is 0 Å². The summed E-state index contributed by atoms with van der Waals surface area (Å²) in [5, 5.41) is 2.68. The number of nitrogens with one attached hydrogen (secondary N) is 1. The van der Waals surface area contributed by atoms with Gasteiger partial charge in [-0.15, -0.1) is 0 Å². The zero-order chi connectivity index (χ0) is 13.8. The van der Waals surface area contributed by atoms with Gasteiger partial charge in [-0.2, -0.15) is 0 Å². The van der Waals surface area contributed by atoms with Gasteiger partial charge in [0.25, 0.3) is 5.91 Å². The molecule has 0 saturated carbocycles. The Balaban J connectivity index is 2.16. The molecule has 0 saturated heterocycles. The maximum atomic E-state index is 12.8. The monoisotopic (exact) mass is 323 g/mol. The summed E-state index contributed by atoms with van der Waals surface area (Å²) in [5.74, 6) is 0.0403. The molecule has 0 aliphatic carbocycles. The topological polar surface area (TPSA) is 38.3 Å². The number of ether oxygens (including phenoxy) is 1. The van der Waals surface area contributed by atoms with Gasteiger partial charge in [-0.1, -0.05) is 0 Å². The number of carbonyl (C=O) groups excluding carboxylic acids is 1. The first kappa shape index (κ1) is 13.5. The summed E-state index contributed by atoms with van der Waals surface area (Å²) in [6.07, 6.45) is 0. The summed E-state index contributed by atoms with van der Waals surface area (Å²) >= 11 is 3.32. The van der Waals surface area contributed by atoms with E-state index in [4.69, 9.17) is 4.74 Å². The van der Waals surface area contributed by atoms with Gasteiger partial charge in [-0.05, 0) is 58.4 Å². The highest BCUT2D eigenvalue weighted by atomic mass is 79.9. The van der Waals surface area contributed by atoms with Gasteiger partial charge in [-0.3, -0.25) is 4.79 Å². The summed E-state index contributed by atoms with van der Waals surface area (Å²) in [7, 11) is 1.55. The molecule has 0 bridgehead atoms. The Hall–Kier alpha value is -1.88. The van der Waals surface area contributed by atoms with Crippen LogP contribution in [0.2, 0.25) is 0 Å². The van der Waals surface area contributed by atoms with E-state index in [0.717, 1.165) is 0 Å². The average Bonchev–Trinajstić information content (AvgIpc) is 2.41. The van der Waals surface area contributed by atoms with Crippen LogP contribution < -0.4 is 10.1 Å². The quantitative estimate of drug-likeness (QED) is 0.931. The van der Waals surface area contributed by atoms with Gasteiger partial charge in [-0.25, -0.2) is 4.39 Å². The minimum absolute atomic E-state index is 0.269. The Kier molecular flexibility index (Phi) is 4.16. The lowest BCUT2D eigenvalue weighted by Crippen LogP contribution is -2.11. The molecule has 1 N–H and O–H groups in total. The predicted octanol–water partition coefficient (Wildman–Crippen LogP) is 3.85. The summed E-state index contributed by atoms with van der Waals surface area (Å²) in [6, 6.07) is 10.6. The second kappa shape index (κ2) is 5.84. The van der Waals surface area contributed by atoms with Gasteiger partial charge in [0.1, 0.15) is 11.6 Å². The van der Waals surface area contributed by atoms with E-state index in [-0.39, 0.29) is 11.7 Å².